The van der Waals surface area contributed by atoms with Crippen molar-refractivity contribution in [2.45, 2.75) is 44.6 Å². The highest BCUT2D eigenvalue weighted by Crippen LogP contribution is 2.32. The third kappa shape index (κ3) is 5.89. The standard InChI is InChI=1S/C27H31N7O/c35-27(24-18-28-14-15-29-24)31-13-5-16-34(19-25-32-22-9-1-2-10-23(22)33-25)17-11-21-7-3-6-20-8-4-12-30-26(20)21/h1-2,4,8-10,12,14-15,18,21H,3,5-7,11,13,16-17,19H2,(H,31,35)(H,32,33). The number of para-hydroxylation sites is 2. The number of hydrogen-bond donors (Lipinski definition) is 2. The van der Waals surface area contributed by atoms with E-state index in [0.29, 0.717) is 18.2 Å². The normalized spacial score (nSPS) is 15.3. The molecule has 5 rings (SSSR count). The van der Waals surface area contributed by atoms with Crippen LogP contribution in [0.1, 0.15) is 59.2 Å². The number of carbonyl (C=O) groups is 1. The number of aromatic amines is 1. The van der Waals surface area contributed by atoms with Crippen LogP contribution in [-0.2, 0) is 13.0 Å². The second-order valence-corrected chi connectivity index (χ2v) is 9.10. The lowest BCUT2D eigenvalue weighted by Gasteiger charge is -2.28. The molecule has 1 atom stereocenters. The van der Waals surface area contributed by atoms with E-state index in [1.165, 1.54) is 36.5 Å². The van der Waals surface area contributed by atoms with Gasteiger partial charge in [0.1, 0.15) is 11.5 Å². The van der Waals surface area contributed by atoms with Crippen molar-refractivity contribution in [3.8, 4) is 0 Å². The Morgan fingerprint density at radius 3 is 2.91 bits per heavy atom. The lowest BCUT2D eigenvalue weighted by atomic mass is 9.84. The summed E-state index contributed by atoms with van der Waals surface area (Å²) >= 11 is 0. The van der Waals surface area contributed by atoms with Crippen LogP contribution < -0.4 is 5.32 Å². The van der Waals surface area contributed by atoms with Gasteiger partial charge in [-0.1, -0.05) is 18.2 Å². The number of nitrogens with zero attached hydrogens (tertiary/aromatic N) is 5. The van der Waals surface area contributed by atoms with Gasteiger partial charge in [0.05, 0.1) is 23.8 Å². The molecule has 0 aliphatic heterocycles. The second-order valence-electron chi connectivity index (χ2n) is 9.10. The zero-order valence-electron chi connectivity index (χ0n) is 19.9. The largest absolute Gasteiger partial charge is 0.351 e. The number of amides is 1. The Kier molecular flexibility index (Phi) is 7.38. The zero-order valence-corrected chi connectivity index (χ0v) is 19.9. The summed E-state index contributed by atoms with van der Waals surface area (Å²) in [5.41, 5.74) is 5.07. The van der Waals surface area contributed by atoms with Gasteiger partial charge in [-0.3, -0.25) is 19.7 Å². The first-order valence-corrected chi connectivity index (χ1v) is 12.4. The van der Waals surface area contributed by atoms with Crippen molar-refractivity contribution in [3.63, 3.8) is 0 Å². The number of carbonyl (C=O) groups excluding carboxylic acids is 1. The molecule has 1 amide bonds. The van der Waals surface area contributed by atoms with Crippen molar-refractivity contribution < 1.29 is 4.79 Å². The van der Waals surface area contributed by atoms with Crippen LogP contribution in [0.4, 0.5) is 0 Å². The number of rotatable bonds is 10. The maximum absolute atomic E-state index is 12.3. The highest BCUT2D eigenvalue weighted by atomic mass is 16.1. The summed E-state index contributed by atoms with van der Waals surface area (Å²) in [6, 6.07) is 12.4. The Morgan fingerprint density at radius 1 is 1.09 bits per heavy atom. The van der Waals surface area contributed by atoms with Crippen LogP contribution in [0, 0.1) is 0 Å². The SMILES string of the molecule is O=C(NCCCN(CCC1CCCc2cccnc21)Cc1nc2ccccc2[nH]1)c1cnccn1. The lowest BCUT2D eigenvalue weighted by molar-refractivity contribution is 0.0946. The number of hydrogen-bond acceptors (Lipinski definition) is 6. The van der Waals surface area contributed by atoms with E-state index in [1.54, 1.807) is 6.20 Å². The minimum absolute atomic E-state index is 0.188. The number of aromatic nitrogens is 5. The highest BCUT2D eigenvalue weighted by Gasteiger charge is 2.22. The second kappa shape index (κ2) is 11.2. The fourth-order valence-corrected chi connectivity index (χ4v) is 4.90. The summed E-state index contributed by atoms with van der Waals surface area (Å²) in [6.07, 6.45) is 11.9. The highest BCUT2D eigenvalue weighted by molar-refractivity contribution is 5.91. The van der Waals surface area contributed by atoms with Crippen molar-refractivity contribution >= 4 is 16.9 Å². The molecule has 0 saturated heterocycles. The van der Waals surface area contributed by atoms with Crippen LogP contribution in [0.5, 0.6) is 0 Å². The summed E-state index contributed by atoms with van der Waals surface area (Å²) in [7, 11) is 0. The molecule has 8 nitrogen and oxygen atoms in total. The van der Waals surface area contributed by atoms with E-state index in [0.717, 1.165) is 55.8 Å². The average Bonchev–Trinajstić information content (AvgIpc) is 3.32. The van der Waals surface area contributed by atoms with Gasteiger partial charge in [0.15, 0.2) is 0 Å². The van der Waals surface area contributed by atoms with Crippen LogP contribution in [-0.4, -0.2) is 55.4 Å². The van der Waals surface area contributed by atoms with Crippen molar-refractivity contribution in [1.29, 1.82) is 0 Å². The molecule has 0 bridgehead atoms. The van der Waals surface area contributed by atoms with Crippen LogP contribution in [0.2, 0.25) is 0 Å². The quantitative estimate of drug-likeness (QED) is 0.342. The molecule has 180 valence electrons. The van der Waals surface area contributed by atoms with E-state index in [-0.39, 0.29) is 5.91 Å². The molecule has 3 heterocycles. The van der Waals surface area contributed by atoms with Gasteiger partial charge in [-0.15, -0.1) is 0 Å². The predicted octanol–water partition coefficient (Wildman–Crippen LogP) is 3.88. The van der Waals surface area contributed by atoms with Crippen LogP contribution in [0.15, 0.2) is 61.2 Å². The van der Waals surface area contributed by atoms with Gasteiger partial charge in [0, 0.05) is 43.3 Å². The smallest absolute Gasteiger partial charge is 0.271 e. The monoisotopic (exact) mass is 469 g/mol. The number of fused-ring (bicyclic) bond motifs is 2. The van der Waals surface area contributed by atoms with Gasteiger partial charge >= 0.3 is 0 Å². The van der Waals surface area contributed by atoms with Gasteiger partial charge < -0.3 is 10.3 Å². The molecular formula is C27H31N7O. The number of pyridine rings is 1. The first kappa shape index (κ1) is 23.1. The number of H-pyrrole nitrogens is 1. The van der Waals surface area contributed by atoms with Gasteiger partial charge in [0.25, 0.3) is 5.91 Å². The van der Waals surface area contributed by atoms with E-state index in [4.69, 9.17) is 9.97 Å². The molecule has 35 heavy (non-hydrogen) atoms. The summed E-state index contributed by atoms with van der Waals surface area (Å²) in [6.45, 7) is 3.14. The van der Waals surface area contributed by atoms with E-state index in [1.807, 2.05) is 30.5 Å². The van der Waals surface area contributed by atoms with Crippen LogP contribution >= 0.6 is 0 Å². The molecule has 1 aliphatic carbocycles. The fraction of sp³-hybridized carbons (Fsp3) is 0.370. The third-order valence-corrected chi connectivity index (χ3v) is 6.65. The first-order chi connectivity index (χ1) is 17.3. The summed E-state index contributed by atoms with van der Waals surface area (Å²) < 4.78 is 0. The molecule has 4 aromatic rings. The van der Waals surface area contributed by atoms with E-state index < -0.39 is 0 Å². The van der Waals surface area contributed by atoms with Crippen LogP contribution in [0.3, 0.4) is 0 Å². The van der Waals surface area contributed by atoms with Gasteiger partial charge in [-0.25, -0.2) is 9.97 Å². The molecular weight excluding hydrogens is 438 g/mol. The molecule has 2 N–H and O–H groups in total. The van der Waals surface area contributed by atoms with E-state index >= 15 is 0 Å². The Balaban J connectivity index is 1.21. The zero-order chi connectivity index (χ0) is 23.9. The van der Waals surface area contributed by atoms with Crippen molar-refractivity contribution in [1.82, 2.24) is 35.1 Å². The van der Waals surface area contributed by atoms with Gasteiger partial charge in [-0.05, 0) is 62.4 Å². The molecule has 3 aromatic heterocycles. The minimum Gasteiger partial charge on any atom is -0.351 e. The molecule has 1 unspecified atom stereocenters. The maximum Gasteiger partial charge on any atom is 0.271 e. The van der Waals surface area contributed by atoms with Crippen molar-refractivity contribution in [2.75, 3.05) is 19.6 Å². The Morgan fingerprint density at radius 2 is 2.03 bits per heavy atom. The molecule has 1 aromatic carbocycles. The van der Waals surface area contributed by atoms with Gasteiger partial charge in [0.2, 0.25) is 0 Å². The Labute approximate surface area is 205 Å². The minimum atomic E-state index is -0.188. The number of imidazole rings is 1. The molecule has 0 saturated carbocycles. The molecule has 0 fully saturated rings. The van der Waals surface area contributed by atoms with Crippen LogP contribution in [0.25, 0.3) is 11.0 Å². The topological polar surface area (TPSA) is 99.7 Å². The Hall–Kier alpha value is -3.65. The average molecular weight is 470 g/mol. The number of benzene rings is 1. The fourth-order valence-electron chi connectivity index (χ4n) is 4.90. The molecule has 1 aliphatic rings. The summed E-state index contributed by atoms with van der Waals surface area (Å²) in [5, 5.41) is 2.96. The first-order valence-electron chi connectivity index (χ1n) is 12.4. The third-order valence-electron chi connectivity index (χ3n) is 6.65. The van der Waals surface area contributed by atoms with E-state index in [9.17, 15) is 4.79 Å². The Bertz CT molecular complexity index is 1220. The lowest BCUT2D eigenvalue weighted by Crippen LogP contribution is -2.32. The molecule has 8 heteroatoms. The summed E-state index contributed by atoms with van der Waals surface area (Å²) in [4.78, 5) is 35.7. The predicted molar refractivity (Wildman–Crippen MR) is 135 cm³/mol. The molecule has 0 spiro atoms. The maximum atomic E-state index is 12.3. The van der Waals surface area contributed by atoms with Crippen molar-refractivity contribution in [3.05, 3.63) is 84.0 Å². The number of aryl methyl sites for hydroxylation is 1. The van der Waals surface area contributed by atoms with E-state index in [2.05, 4.69) is 37.3 Å². The summed E-state index contributed by atoms with van der Waals surface area (Å²) in [5.74, 6) is 1.28. The van der Waals surface area contributed by atoms with Crippen molar-refractivity contribution in [2.24, 2.45) is 0 Å². The number of nitrogens with one attached hydrogen (secondary N) is 2. The van der Waals surface area contributed by atoms with Gasteiger partial charge in [-0.2, -0.15) is 0 Å². The molecule has 0 radical (unpaired) electrons.